The minimum atomic E-state index is -0.880. The number of ether oxygens (including phenoxy) is 3. The first-order chi connectivity index (χ1) is 12.6. The lowest BCUT2D eigenvalue weighted by molar-refractivity contribution is -0.155. The molecular weight excluding hydrogens is 334 g/mol. The van der Waals surface area contributed by atoms with Crippen LogP contribution in [0, 0.1) is 0 Å². The molecule has 1 heterocycles. The molecule has 1 aliphatic heterocycles. The molecule has 1 amide bonds. The van der Waals surface area contributed by atoms with Crippen molar-refractivity contribution in [1.82, 2.24) is 0 Å². The Morgan fingerprint density at radius 1 is 1.08 bits per heavy atom. The fourth-order valence-electron chi connectivity index (χ4n) is 2.94. The molecule has 0 saturated heterocycles. The maximum Gasteiger partial charge on any atom is 0.344 e. The first-order valence-electron chi connectivity index (χ1n) is 8.44. The summed E-state index contributed by atoms with van der Waals surface area (Å²) in [7, 11) is 1.52. The first kappa shape index (κ1) is 17.8. The van der Waals surface area contributed by atoms with E-state index in [1.807, 2.05) is 24.3 Å². The van der Waals surface area contributed by atoms with Crippen LogP contribution < -0.4 is 14.4 Å². The van der Waals surface area contributed by atoms with E-state index in [1.54, 1.807) is 36.1 Å². The molecule has 136 valence electrons. The van der Waals surface area contributed by atoms with E-state index >= 15 is 0 Å². The summed E-state index contributed by atoms with van der Waals surface area (Å²) in [6.45, 7) is 1.87. The highest BCUT2D eigenvalue weighted by molar-refractivity contribution is 5.99. The van der Waals surface area contributed by atoms with E-state index in [4.69, 9.17) is 14.2 Å². The van der Waals surface area contributed by atoms with Crippen LogP contribution in [0.15, 0.2) is 48.5 Å². The van der Waals surface area contributed by atoms with Crippen LogP contribution in [0.25, 0.3) is 0 Å². The number of esters is 1. The molecule has 6 heteroatoms. The number of fused-ring (bicyclic) bond motifs is 1. The average molecular weight is 355 g/mol. The number of benzene rings is 2. The molecule has 3 rings (SSSR count). The second-order valence-corrected chi connectivity index (χ2v) is 5.94. The van der Waals surface area contributed by atoms with Gasteiger partial charge < -0.3 is 19.1 Å². The summed E-state index contributed by atoms with van der Waals surface area (Å²) >= 11 is 0. The summed E-state index contributed by atoms with van der Waals surface area (Å²) in [6, 6.07) is 14.8. The zero-order valence-electron chi connectivity index (χ0n) is 14.8. The predicted molar refractivity (Wildman–Crippen MR) is 96.5 cm³/mol. The number of methoxy groups -OCH3 is 1. The minimum Gasteiger partial charge on any atom is -0.493 e. The van der Waals surface area contributed by atoms with Crippen LogP contribution in [0.5, 0.6) is 11.5 Å². The van der Waals surface area contributed by atoms with Gasteiger partial charge in [0, 0.05) is 12.2 Å². The Labute approximate surface area is 152 Å². The smallest absolute Gasteiger partial charge is 0.344 e. The molecule has 0 bridgehead atoms. The van der Waals surface area contributed by atoms with Crippen molar-refractivity contribution in [3.63, 3.8) is 0 Å². The van der Waals surface area contributed by atoms with Gasteiger partial charge in [-0.25, -0.2) is 4.79 Å². The van der Waals surface area contributed by atoms with Crippen LogP contribution in [-0.4, -0.2) is 38.2 Å². The van der Waals surface area contributed by atoms with Crippen LogP contribution in [0.1, 0.15) is 12.5 Å². The molecule has 2 aromatic rings. The first-order valence-corrected chi connectivity index (χ1v) is 8.44. The molecule has 0 saturated carbocycles. The van der Waals surface area contributed by atoms with Crippen LogP contribution in [-0.2, 0) is 20.7 Å². The summed E-state index contributed by atoms with van der Waals surface area (Å²) in [4.78, 5) is 26.3. The maximum absolute atomic E-state index is 12.6. The number of anilines is 1. The Balaban J connectivity index is 1.55. The van der Waals surface area contributed by atoms with Gasteiger partial charge in [0.1, 0.15) is 0 Å². The summed E-state index contributed by atoms with van der Waals surface area (Å²) in [5.41, 5.74) is 2.00. The monoisotopic (exact) mass is 355 g/mol. The largest absolute Gasteiger partial charge is 0.493 e. The van der Waals surface area contributed by atoms with Crippen molar-refractivity contribution in [2.24, 2.45) is 0 Å². The Hall–Kier alpha value is -3.02. The van der Waals surface area contributed by atoms with Crippen LogP contribution >= 0.6 is 0 Å². The number of carbonyl (C=O) groups excluding carboxylic acids is 2. The predicted octanol–water partition coefficient (Wildman–Crippen LogP) is 2.60. The van der Waals surface area contributed by atoms with Gasteiger partial charge in [0.05, 0.1) is 7.11 Å². The molecule has 0 radical (unpaired) electrons. The third-order valence-electron chi connectivity index (χ3n) is 4.22. The van der Waals surface area contributed by atoms with Gasteiger partial charge in [0.15, 0.2) is 24.2 Å². The second kappa shape index (κ2) is 7.91. The second-order valence-electron chi connectivity index (χ2n) is 5.94. The minimum absolute atomic E-state index is 0.236. The lowest BCUT2D eigenvalue weighted by atomic mass is 10.2. The van der Waals surface area contributed by atoms with Crippen LogP contribution in [0.4, 0.5) is 5.69 Å². The Bertz CT molecular complexity index is 804. The van der Waals surface area contributed by atoms with Gasteiger partial charge in [0.2, 0.25) is 0 Å². The molecule has 1 atom stereocenters. The van der Waals surface area contributed by atoms with Crippen molar-refractivity contribution in [2.45, 2.75) is 19.4 Å². The lowest BCUT2D eigenvalue weighted by Gasteiger charge is -2.21. The highest BCUT2D eigenvalue weighted by Crippen LogP contribution is 2.28. The molecule has 2 aromatic carbocycles. The van der Waals surface area contributed by atoms with E-state index in [1.165, 1.54) is 7.11 Å². The van der Waals surface area contributed by atoms with Gasteiger partial charge in [0.25, 0.3) is 5.91 Å². The van der Waals surface area contributed by atoms with E-state index < -0.39 is 12.1 Å². The lowest BCUT2D eigenvalue weighted by Crippen LogP contribution is -2.39. The molecule has 0 aromatic heterocycles. The van der Waals surface area contributed by atoms with Crippen LogP contribution in [0.2, 0.25) is 0 Å². The molecule has 0 fully saturated rings. The Morgan fingerprint density at radius 3 is 2.54 bits per heavy atom. The van der Waals surface area contributed by atoms with E-state index in [2.05, 4.69) is 0 Å². The van der Waals surface area contributed by atoms with E-state index in [9.17, 15) is 9.59 Å². The number of para-hydroxylation sites is 3. The zero-order valence-corrected chi connectivity index (χ0v) is 14.8. The van der Waals surface area contributed by atoms with Gasteiger partial charge in [-0.05, 0) is 37.1 Å². The molecule has 0 unspecified atom stereocenters. The third kappa shape index (κ3) is 3.79. The number of hydrogen-bond acceptors (Lipinski definition) is 5. The van der Waals surface area contributed by atoms with Gasteiger partial charge in [-0.1, -0.05) is 30.3 Å². The van der Waals surface area contributed by atoms with E-state index in [0.29, 0.717) is 18.0 Å². The van der Waals surface area contributed by atoms with Gasteiger partial charge in [-0.3, -0.25) is 4.79 Å². The topological polar surface area (TPSA) is 65.1 Å². The molecule has 0 spiro atoms. The van der Waals surface area contributed by atoms with Crippen molar-refractivity contribution < 1.29 is 23.8 Å². The highest BCUT2D eigenvalue weighted by atomic mass is 16.6. The molecule has 6 nitrogen and oxygen atoms in total. The number of rotatable bonds is 6. The fraction of sp³-hybridized carbons (Fsp3) is 0.300. The average Bonchev–Trinajstić information content (AvgIpc) is 3.10. The molecule has 1 aliphatic rings. The molecule has 0 N–H and O–H groups in total. The standard InChI is InChI=1S/C20H21NO5/c1-14(20(23)21-12-11-15-7-3-4-8-16(15)21)26-19(22)13-25-18-10-6-5-9-17(18)24-2/h3-10,14H,11-13H2,1-2H3/t14-/m1/s1. The van der Waals surface area contributed by atoms with Crippen molar-refractivity contribution in [2.75, 3.05) is 25.2 Å². The fourth-order valence-corrected chi connectivity index (χ4v) is 2.94. The quantitative estimate of drug-likeness (QED) is 0.745. The van der Waals surface area contributed by atoms with Crippen molar-refractivity contribution >= 4 is 17.6 Å². The zero-order chi connectivity index (χ0) is 18.5. The van der Waals surface area contributed by atoms with Crippen molar-refractivity contribution in [3.8, 4) is 11.5 Å². The van der Waals surface area contributed by atoms with Gasteiger partial charge in [-0.2, -0.15) is 0 Å². The maximum atomic E-state index is 12.6. The number of hydrogen-bond donors (Lipinski definition) is 0. The van der Waals surface area contributed by atoms with Crippen molar-refractivity contribution in [1.29, 1.82) is 0 Å². The molecule has 26 heavy (non-hydrogen) atoms. The Morgan fingerprint density at radius 2 is 1.77 bits per heavy atom. The molecular formula is C20H21NO5. The molecule has 0 aliphatic carbocycles. The number of carbonyl (C=O) groups is 2. The van der Waals surface area contributed by atoms with Gasteiger partial charge >= 0.3 is 5.97 Å². The summed E-state index contributed by atoms with van der Waals surface area (Å²) in [5, 5.41) is 0. The SMILES string of the molecule is COc1ccccc1OCC(=O)O[C@H](C)C(=O)N1CCc2ccccc21. The Kier molecular flexibility index (Phi) is 5.41. The van der Waals surface area contributed by atoms with E-state index in [-0.39, 0.29) is 12.5 Å². The summed E-state index contributed by atoms with van der Waals surface area (Å²) in [6.07, 6.45) is -0.0746. The number of nitrogens with zero attached hydrogens (tertiary/aromatic N) is 1. The van der Waals surface area contributed by atoms with Gasteiger partial charge in [-0.15, -0.1) is 0 Å². The number of amides is 1. The van der Waals surface area contributed by atoms with E-state index in [0.717, 1.165) is 17.7 Å². The summed E-state index contributed by atoms with van der Waals surface area (Å²) < 4.78 is 15.8. The normalized spacial score (nSPS) is 13.7. The summed E-state index contributed by atoms with van der Waals surface area (Å²) in [5.74, 6) is 0.127. The van der Waals surface area contributed by atoms with Crippen LogP contribution in [0.3, 0.4) is 0 Å². The highest BCUT2D eigenvalue weighted by Gasteiger charge is 2.29. The third-order valence-corrected chi connectivity index (χ3v) is 4.22. The van der Waals surface area contributed by atoms with Crippen molar-refractivity contribution in [3.05, 3.63) is 54.1 Å².